The standard InChI is InChI=1S/C6H15NS2/c1-2-4-7-5-3-6(8)9/h6-9H,2-5H2,1H3. The van der Waals surface area contributed by atoms with Crippen molar-refractivity contribution >= 4 is 25.3 Å². The fourth-order valence-corrected chi connectivity index (χ4v) is 0.791. The highest BCUT2D eigenvalue weighted by atomic mass is 32.2. The van der Waals surface area contributed by atoms with Gasteiger partial charge in [0.1, 0.15) is 0 Å². The van der Waals surface area contributed by atoms with Gasteiger partial charge in [-0.05, 0) is 25.9 Å². The summed E-state index contributed by atoms with van der Waals surface area (Å²) in [5.41, 5.74) is 0. The summed E-state index contributed by atoms with van der Waals surface area (Å²) in [6.45, 7) is 4.30. The van der Waals surface area contributed by atoms with Gasteiger partial charge in [0.25, 0.3) is 0 Å². The third-order valence-electron chi connectivity index (χ3n) is 1.01. The number of hydrogen-bond donors (Lipinski definition) is 3. The largest absolute Gasteiger partial charge is 0.317 e. The molecule has 0 aromatic heterocycles. The molecular formula is C6H15NS2. The van der Waals surface area contributed by atoms with Crippen molar-refractivity contribution < 1.29 is 0 Å². The second kappa shape index (κ2) is 6.78. The Labute approximate surface area is 68.4 Å². The van der Waals surface area contributed by atoms with Crippen molar-refractivity contribution in [1.82, 2.24) is 5.32 Å². The summed E-state index contributed by atoms with van der Waals surface area (Å²) in [5, 5.41) is 3.27. The lowest BCUT2D eigenvalue weighted by molar-refractivity contribution is 0.660. The highest BCUT2D eigenvalue weighted by molar-refractivity contribution is 7.99. The molecule has 0 atom stereocenters. The van der Waals surface area contributed by atoms with Gasteiger partial charge in [0.05, 0.1) is 0 Å². The molecule has 0 aromatic rings. The molecule has 1 N–H and O–H groups in total. The van der Waals surface area contributed by atoms with Crippen LogP contribution in [0.4, 0.5) is 0 Å². The first-order valence-electron chi connectivity index (χ1n) is 3.34. The van der Waals surface area contributed by atoms with Gasteiger partial charge in [-0.15, -0.1) is 0 Å². The zero-order valence-electron chi connectivity index (χ0n) is 5.80. The minimum Gasteiger partial charge on any atom is -0.317 e. The van der Waals surface area contributed by atoms with E-state index in [1.54, 1.807) is 0 Å². The second-order valence-electron chi connectivity index (χ2n) is 2.02. The molecule has 1 nitrogen and oxygen atoms in total. The van der Waals surface area contributed by atoms with Crippen LogP contribution >= 0.6 is 25.3 Å². The molecule has 0 aromatic carbocycles. The number of nitrogens with one attached hydrogen (secondary N) is 1. The molecule has 0 aliphatic heterocycles. The lowest BCUT2D eigenvalue weighted by atomic mass is 10.4. The zero-order chi connectivity index (χ0) is 7.11. The molecule has 0 saturated heterocycles. The van der Waals surface area contributed by atoms with Crippen molar-refractivity contribution in [3.63, 3.8) is 0 Å². The average Bonchev–Trinajstić information content (AvgIpc) is 1.80. The van der Waals surface area contributed by atoms with E-state index in [4.69, 9.17) is 0 Å². The van der Waals surface area contributed by atoms with Crippen LogP contribution < -0.4 is 5.32 Å². The van der Waals surface area contributed by atoms with E-state index in [0.717, 1.165) is 19.5 Å². The summed E-state index contributed by atoms with van der Waals surface area (Å²) in [7, 11) is 0. The summed E-state index contributed by atoms with van der Waals surface area (Å²) in [6.07, 6.45) is 2.23. The van der Waals surface area contributed by atoms with E-state index < -0.39 is 0 Å². The maximum absolute atomic E-state index is 4.12. The van der Waals surface area contributed by atoms with Crippen molar-refractivity contribution in [3.8, 4) is 0 Å². The van der Waals surface area contributed by atoms with Crippen LogP contribution in [0.5, 0.6) is 0 Å². The lowest BCUT2D eigenvalue weighted by Crippen LogP contribution is -2.17. The van der Waals surface area contributed by atoms with E-state index in [0.29, 0.717) is 0 Å². The van der Waals surface area contributed by atoms with Crippen LogP contribution in [-0.2, 0) is 0 Å². The molecular weight excluding hydrogens is 150 g/mol. The Balaban J connectivity index is 2.75. The van der Waals surface area contributed by atoms with Gasteiger partial charge in [0.2, 0.25) is 0 Å². The minimum atomic E-state index is 0.231. The van der Waals surface area contributed by atoms with E-state index >= 15 is 0 Å². The fourth-order valence-electron chi connectivity index (χ4n) is 0.533. The van der Waals surface area contributed by atoms with E-state index in [9.17, 15) is 0 Å². The van der Waals surface area contributed by atoms with Crippen LogP contribution in [0.1, 0.15) is 19.8 Å². The molecule has 0 rings (SSSR count). The summed E-state index contributed by atoms with van der Waals surface area (Å²) in [4.78, 5) is 0. The SMILES string of the molecule is CCCNCCC(S)S. The van der Waals surface area contributed by atoms with Gasteiger partial charge in [0.15, 0.2) is 0 Å². The van der Waals surface area contributed by atoms with Crippen LogP contribution in [-0.4, -0.2) is 17.7 Å². The third kappa shape index (κ3) is 8.66. The molecule has 0 fully saturated rings. The molecule has 9 heavy (non-hydrogen) atoms. The van der Waals surface area contributed by atoms with Gasteiger partial charge in [-0.25, -0.2) is 0 Å². The van der Waals surface area contributed by atoms with Crippen LogP contribution in [0, 0.1) is 0 Å². The third-order valence-corrected chi connectivity index (χ3v) is 1.52. The molecule has 0 amide bonds. The predicted molar refractivity (Wildman–Crippen MR) is 49.5 cm³/mol. The number of thiol groups is 2. The van der Waals surface area contributed by atoms with Crippen LogP contribution in [0.15, 0.2) is 0 Å². The highest BCUT2D eigenvalue weighted by Gasteiger charge is 1.92. The number of hydrogen-bond acceptors (Lipinski definition) is 3. The average molecular weight is 165 g/mol. The highest BCUT2D eigenvalue weighted by Crippen LogP contribution is 2.02. The Kier molecular flexibility index (Phi) is 7.27. The van der Waals surface area contributed by atoms with E-state index in [1.807, 2.05) is 0 Å². The first-order chi connectivity index (χ1) is 4.27. The Morgan fingerprint density at radius 3 is 2.44 bits per heavy atom. The van der Waals surface area contributed by atoms with Crippen molar-refractivity contribution in [3.05, 3.63) is 0 Å². The Hall–Kier alpha value is 0.660. The summed E-state index contributed by atoms with van der Waals surface area (Å²) in [5.74, 6) is 0. The van der Waals surface area contributed by atoms with Crippen molar-refractivity contribution in [2.75, 3.05) is 13.1 Å². The Morgan fingerprint density at radius 1 is 1.33 bits per heavy atom. The van der Waals surface area contributed by atoms with E-state index in [-0.39, 0.29) is 4.58 Å². The maximum Gasteiger partial charge on any atom is 0.0454 e. The van der Waals surface area contributed by atoms with Gasteiger partial charge >= 0.3 is 0 Å². The molecule has 0 unspecified atom stereocenters. The predicted octanol–water partition coefficient (Wildman–Crippen LogP) is 1.56. The van der Waals surface area contributed by atoms with E-state index in [1.165, 1.54) is 6.42 Å². The van der Waals surface area contributed by atoms with Gasteiger partial charge in [0, 0.05) is 4.58 Å². The number of rotatable bonds is 5. The minimum absolute atomic E-state index is 0.231. The molecule has 0 heterocycles. The molecule has 0 spiro atoms. The molecule has 56 valence electrons. The van der Waals surface area contributed by atoms with Gasteiger partial charge in [-0.2, -0.15) is 25.3 Å². The molecule has 0 bridgehead atoms. The molecule has 0 saturated carbocycles. The van der Waals surface area contributed by atoms with Gasteiger partial charge < -0.3 is 5.32 Å². The van der Waals surface area contributed by atoms with Crippen molar-refractivity contribution in [2.45, 2.75) is 24.3 Å². The lowest BCUT2D eigenvalue weighted by Gasteiger charge is -2.03. The summed E-state index contributed by atoms with van der Waals surface area (Å²) < 4.78 is 0.231. The topological polar surface area (TPSA) is 12.0 Å². The second-order valence-corrected chi connectivity index (χ2v) is 3.67. The Morgan fingerprint density at radius 2 is 2.00 bits per heavy atom. The quantitative estimate of drug-likeness (QED) is 0.319. The maximum atomic E-state index is 4.12. The van der Waals surface area contributed by atoms with Crippen LogP contribution in [0.25, 0.3) is 0 Å². The first-order valence-corrected chi connectivity index (χ1v) is 4.37. The molecule has 0 radical (unpaired) electrons. The fraction of sp³-hybridized carbons (Fsp3) is 1.00. The molecule has 0 aliphatic carbocycles. The normalized spacial score (nSPS) is 10.7. The van der Waals surface area contributed by atoms with Crippen LogP contribution in [0.2, 0.25) is 0 Å². The van der Waals surface area contributed by atoms with Crippen molar-refractivity contribution in [1.29, 1.82) is 0 Å². The molecule has 0 aliphatic rings. The van der Waals surface area contributed by atoms with Gasteiger partial charge in [-0.1, -0.05) is 6.92 Å². The zero-order valence-corrected chi connectivity index (χ0v) is 7.59. The monoisotopic (exact) mass is 165 g/mol. The summed E-state index contributed by atoms with van der Waals surface area (Å²) in [6, 6.07) is 0. The van der Waals surface area contributed by atoms with Gasteiger partial charge in [-0.3, -0.25) is 0 Å². The molecule has 3 heteroatoms. The van der Waals surface area contributed by atoms with Crippen LogP contribution in [0.3, 0.4) is 0 Å². The smallest absolute Gasteiger partial charge is 0.0454 e. The van der Waals surface area contributed by atoms with E-state index in [2.05, 4.69) is 37.5 Å². The summed E-state index contributed by atoms with van der Waals surface area (Å²) >= 11 is 8.25. The van der Waals surface area contributed by atoms with Crippen molar-refractivity contribution in [2.24, 2.45) is 0 Å². The first kappa shape index (κ1) is 9.66. The Bertz CT molecular complexity index is 57.0.